The van der Waals surface area contributed by atoms with Crippen LogP contribution in [-0.2, 0) is 11.2 Å². The standard InChI is InChI=1S/C17H14Cl2F3N3O2/c18-13-6-5-12(8-14(13)19)25-16(27)24-11-3-1-10(2-4-11)7-15(26)23-9-17(20,21)22/h1-6,8H,7,9H2,(H,23,26)(H2,24,25,27). The average Bonchev–Trinajstić information content (AvgIpc) is 2.57. The highest BCUT2D eigenvalue weighted by atomic mass is 35.5. The molecule has 144 valence electrons. The summed E-state index contributed by atoms with van der Waals surface area (Å²) in [5.41, 5.74) is 1.39. The van der Waals surface area contributed by atoms with E-state index in [1.807, 2.05) is 0 Å². The lowest BCUT2D eigenvalue weighted by Crippen LogP contribution is -2.34. The summed E-state index contributed by atoms with van der Waals surface area (Å²) in [6, 6.07) is 10.2. The smallest absolute Gasteiger partial charge is 0.347 e. The van der Waals surface area contributed by atoms with Gasteiger partial charge in [-0.2, -0.15) is 13.2 Å². The summed E-state index contributed by atoms with van der Waals surface area (Å²) in [6.45, 7) is -1.37. The van der Waals surface area contributed by atoms with Crippen molar-refractivity contribution >= 4 is 46.5 Å². The van der Waals surface area contributed by atoms with Gasteiger partial charge in [-0.25, -0.2) is 4.79 Å². The third-order valence-electron chi connectivity index (χ3n) is 3.24. The third kappa shape index (κ3) is 7.36. The maximum atomic E-state index is 12.1. The lowest BCUT2D eigenvalue weighted by Gasteiger charge is -2.10. The van der Waals surface area contributed by atoms with Crippen molar-refractivity contribution in [1.82, 2.24) is 5.32 Å². The predicted molar refractivity (Wildman–Crippen MR) is 98.3 cm³/mol. The summed E-state index contributed by atoms with van der Waals surface area (Å²) in [4.78, 5) is 23.4. The number of alkyl halides is 3. The first-order valence-corrected chi connectivity index (χ1v) is 8.33. The van der Waals surface area contributed by atoms with Gasteiger partial charge in [-0.3, -0.25) is 4.79 Å². The van der Waals surface area contributed by atoms with Crippen LogP contribution >= 0.6 is 23.2 Å². The van der Waals surface area contributed by atoms with Gasteiger partial charge in [0.15, 0.2) is 0 Å². The molecule has 0 aliphatic rings. The summed E-state index contributed by atoms with van der Waals surface area (Å²) in [5, 5.41) is 7.59. The molecule has 0 aromatic heterocycles. The summed E-state index contributed by atoms with van der Waals surface area (Å²) in [5.74, 6) is -0.745. The fourth-order valence-corrected chi connectivity index (χ4v) is 2.32. The van der Waals surface area contributed by atoms with E-state index in [0.717, 1.165) is 0 Å². The molecule has 0 bridgehead atoms. The Labute approximate surface area is 162 Å². The molecule has 0 fully saturated rings. The van der Waals surface area contributed by atoms with Gasteiger partial charge in [0.2, 0.25) is 5.91 Å². The Morgan fingerprint density at radius 2 is 1.48 bits per heavy atom. The number of amides is 3. The maximum Gasteiger partial charge on any atom is 0.405 e. The topological polar surface area (TPSA) is 70.2 Å². The Bertz CT molecular complexity index is 827. The SMILES string of the molecule is O=C(Cc1ccc(NC(=O)Nc2ccc(Cl)c(Cl)c2)cc1)NCC(F)(F)F. The Morgan fingerprint density at radius 3 is 2.07 bits per heavy atom. The highest BCUT2D eigenvalue weighted by Gasteiger charge is 2.27. The molecule has 5 nitrogen and oxygen atoms in total. The molecular formula is C17H14Cl2F3N3O2. The largest absolute Gasteiger partial charge is 0.405 e. The van der Waals surface area contributed by atoms with Gasteiger partial charge in [0.25, 0.3) is 0 Å². The zero-order valence-electron chi connectivity index (χ0n) is 13.7. The predicted octanol–water partition coefficient (Wildman–Crippen LogP) is 4.86. The zero-order valence-corrected chi connectivity index (χ0v) is 15.2. The molecule has 0 heterocycles. The van der Waals surface area contributed by atoms with Crippen molar-refractivity contribution in [2.24, 2.45) is 0 Å². The summed E-state index contributed by atoms with van der Waals surface area (Å²) in [7, 11) is 0. The van der Waals surface area contributed by atoms with Gasteiger partial charge >= 0.3 is 12.2 Å². The molecule has 0 atom stereocenters. The van der Waals surface area contributed by atoms with Crippen LogP contribution in [0.3, 0.4) is 0 Å². The van der Waals surface area contributed by atoms with Crippen molar-refractivity contribution in [3.63, 3.8) is 0 Å². The molecule has 0 saturated carbocycles. The van der Waals surface area contributed by atoms with E-state index >= 15 is 0 Å². The van der Waals surface area contributed by atoms with Crippen LogP contribution in [0.4, 0.5) is 29.3 Å². The number of nitrogens with one attached hydrogen (secondary N) is 3. The molecule has 0 aliphatic carbocycles. The summed E-state index contributed by atoms with van der Waals surface area (Å²) in [6.07, 6.45) is -4.66. The van der Waals surface area contributed by atoms with E-state index in [2.05, 4.69) is 10.6 Å². The fraction of sp³-hybridized carbons (Fsp3) is 0.176. The molecule has 0 radical (unpaired) electrons. The molecule has 10 heteroatoms. The Kier molecular flexibility index (Phi) is 6.92. The van der Waals surface area contributed by atoms with Crippen LogP contribution in [0.15, 0.2) is 42.5 Å². The lowest BCUT2D eigenvalue weighted by atomic mass is 10.1. The van der Waals surface area contributed by atoms with E-state index in [1.165, 1.54) is 36.4 Å². The average molecular weight is 420 g/mol. The fourth-order valence-electron chi connectivity index (χ4n) is 2.02. The number of carbonyl (C=O) groups is 2. The van der Waals surface area contributed by atoms with Gasteiger partial charge in [0.1, 0.15) is 6.54 Å². The summed E-state index contributed by atoms with van der Waals surface area (Å²) >= 11 is 11.7. The van der Waals surface area contributed by atoms with Crippen LogP contribution < -0.4 is 16.0 Å². The molecule has 2 rings (SSSR count). The molecule has 3 N–H and O–H groups in total. The molecule has 2 aromatic carbocycles. The van der Waals surface area contributed by atoms with E-state index in [4.69, 9.17) is 23.2 Å². The number of urea groups is 1. The molecule has 0 spiro atoms. The van der Waals surface area contributed by atoms with Crippen LogP contribution in [0.1, 0.15) is 5.56 Å². The van der Waals surface area contributed by atoms with E-state index in [9.17, 15) is 22.8 Å². The lowest BCUT2D eigenvalue weighted by molar-refractivity contribution is -0.138. The van der Waals surface area contributed by atoms with Gasteiger partial charge in [0, 0.05) is 11.4 Å². The third-order valence-corrected chi connectivity index (χ3v) is 3.98. The minimum absolute atomic E-state index is 0.203. The highest BCUT2D eigenvalue weighted by molar-refractivity contribution is 6.42. The Morgan fingerprint density at radius 1 is 0.889 bits per heavy atom. The quantitative estimate of drug-likeness (QED) is 0.647. The second-order valence-corrected chi connectivity index (χ2v) is 6.29. The molecule has 27 heavy (non-hydrogen) atoms. The number of benzene rings is 2. The number of halogens is 5. The van der Waals surface area contributed by atoms with E-state index in [1.54, 1.807) is 11.4 Å². The molecule has 0 aliphatic heterocycles. The first-order chi connectivity index (χ1) is 12.6. The van der Waals surface area contributed by atoms with Gasteiger partial charge in [-0.05, 0) is 35.9 Å². The van der Waals surface area contributed by atoms with Crippen LogP contribution in [0, 0.1) is 0 Å². The number of rotatable bonds is 5. The van der Waals surface area contributed by atoms with Crippen molar-refractivity contribution < 1.29 is 22.8 Å². The highest BCUT2D eigenvalue weighted by Crippen LogP contribution is 2.25. The molecule has 0 saturated heterocycles. The van der Waals surface area contributed by atoms with Crippen LogP contribution in [0.25, 0.3) is 0 Å². The number of anilines is 2. The first kappa shape index (κ1) is 20.9. The van der Waals surface area contributed by atoms with Gasteiger partial charge in [-0.1, -0.05) is 35.3 Å². The van der Waals surface area contributed by atoms with Crippen molar-refractivity contribution in [3.05, 3.63) is 58.1 Å². The summed E-state index contributed by atoms with van der Waals surface area (Å²) < 4.78 is 36.2. The van der Waals surface area contributed by atoms with E-state index in [-0.39, 0.29) is 6.42 Å². The van der Waals surface area contributed by atoms with Crippen molar-refractivity contribution in [3.8, 4) is 0 Å². The second-order valence-electron chi connectivity index (χ2n) is 5.47. The van der Waals surface area contributed by atoms with E-state index in [0.29, 0.717) is 27.0 Å². The second kappa shape index (κ2) is 8.96. The number of carbonyl (C=O) groups excluding carboxylic acids is 2. The Hall–Kier alpha value is -2.45. The van der Waals surface area contributed by atoms with Gasteiger partial charge < -0.3 is 16.0 Å². The maximum absolute atomic E-state index is 12.1. The van der Waals surface area contributed by atoms with E-state index < -0.39 is 24.7 Å². The zero-order chi connectivity index (χ0) is 20.0. The van der Waals surface area contributed by atoms with Crippen LogP contribution in [-0.4, -0.2) is 24.7 Å². The molecule has 0 unspecified atom stereocenters. The van der Waals surface area contributed by atoms with Gasteiger partial charge in [-0.15, -0.1) is 0 Å². The minimum Gasteiger partial charge on any atom is -0.347 e. The van der Waals surface area contributed by atoms with Crippen LogP contribution in [0.5, 0.6) is 0 Å². The first-order valence-electron chi connectivity index (χ1n) is 7.58. The minimum atomic E-state index is -4.45. The number of hydrogen-bond donors (Lipinski definition) is 3. The van der Waals surface area contributed by atoms with Crippen molar-refractivity contribution in [2.75, 3.05) is 17.2 Å². The molecule has 2 aromatic rings. The molecular weight excluding hydrogens is 406 g/mol. The Balaban J connectivity index is 1.86. The molecule has 3 amide bonds. The van der Waals surface area contributed by atoms with Crippen LogP contribution in [0.2, 0.25) is 10.0 Å². The monoisotopic (exact) mass is 419 g/mol. The normalized spacial score (nSPS) is 11.0. The van der Waals surface area contributed by atoms with Crippen molar-refractivity contribution in [1.29, 1.82) is 0 Å². The number of hydrogen-bond acceptors (Lipinski definition) is 2. The van der Waals surface area contributed by atoms with Gasteiger partial charge in [0.05, 0.1) is 16.5 Å². The van der Waals surface area contributed by atoms with Crippen molar-refractivity contribution in [2.45, 2.75) is 12.6 Å².